The van der Waals surface area contributed by atoms with Crippen LogP contribution in [0.25, 0.3) is 0 Å². The molecule has 0 amide bonds. The van der Waals surface area contributed by atoms with E-state index in [1.807, 2.05) is 25.0 Å². The number of aromatic nitrogens is 3. The molecule has 0 radical (unpaired) electrons. The molecule has 1 N–H and O–H groups in total. The number of hydrogen-bond donors (Lipinski definition) is 1. The van der Waals surface area contributed by atoms with E-state index in [4.69, 9.17) is 4.74 Å². The van der Waals surface area contributed by atoms with Crippen LogP contribution in [0, 0.1) is 0 Å². The average Bonchev–Trinajstić information content (AvgIpc) is 2.75. The normalized spacial score (nSPS) is 20.6. The first-order valence-corrected chi connectivity index (χ1v) is 7.86. The van der Waals surface area contributed by atoms with Crippen LogP contribution in [-0.2, 0) is 11.8 Å². The van der Waals surface area contributed by atoms with Crippen molar-refractivity contribution in [1.82, 2.24) is 20.3 Å². The molecule has 1 heterocycles. The fourth-order valence-corrected chi connectivity index (χ4v) is 3.35. The van der Waals surface area contributed by atoms with Gasteiger partial charge in [-0.05, 0) is 25.8 Å². The molecule has 1 unspecified atom stereocenters. The van der Waals surface area contributed by atoms with Gasteiger partial charge in [-0.2, -0.15) is 0 Å². The fourth-order valence-electron chi connectivity index (χ4n) is 3.35. The Bertz CT molecular complexity index is 396. The van der Waals surface area contributed by atoms with E-state index in [2.05, 4.69) is 22.6 Å². The van der Waals surface area contributed by atoms with Gasteiger partial charge in [0.1, 0.15) is 0 Å². The zero-order valence-corrected chi connectivity index (χ0v) is 13.1. The number of rotatable bonds is 6. The lowest BCUT2D eigenvalue weighted by molar-refractivity contribution is -0.0558. The van der Waals surface area contributed by atoms with Crippen molar-refractivity contribution in [1.29, 1.82) is 0 Å². The number of aryl methyl sites for hydroxylation is 1. The van der Waals surface area contributed by atoms with E-state index >= 15 is 0 Å². The van der Waals surface area contributed by atoms with Gasteiger partial charge in [0, 0.05) is 14.2 Å². The summed E-state index contributed by atoms with van der Waals surface area (Å²) in [5.74, 6) is 0. The van der Waals surface area contributed by atoms with Crippen molar-refractivity contribution in [3.63, 3.8) is 0 Å². The maximum atomic E-state index is 6.07. The third-order valence-corrected chi connectivity index (χ3v) is 4.53. The second kappa shape index (κ2) is 7.18. The minimum atomic E-state index is -0.124. The van der Waals surface area contributed by atoms with Crippen molar-refractivity contribution in [2.45, 2.75) is 63.5 Å². The van der Waals surface area contributed by atoms with Crippen LogP contribution in [0.4, 0.5) is 0 Å². The molecule has 1 atom stereocenters. The number of hydrogen-bond acceptors (Lipinski definition) is 4. The van der Waals surface area contributed by atoms with Gasteiger partial charge in [0.2, 0.25) is 0 Å². The first kappa shape index (κ1) is 15.4. The van der Waals surface area contributed by atoms with Crippen LogP contribution in [0.3, 0.4) is 0 Å². The Morgan fingerprint density at radius 1 is 1.35 bits per heavy atom. The first-order chi connectivity index (χ1) is 9.73. The molecule has 1 aromatic heterocycles. The molecule has 1 aliphatic carbocycles. The van der Waals surface area contributed by atoms with E-state index in [1.165, 1.54) is 25.7 Å². The highest BCUT2D eigenvalue weighted by atomic mass is 16.5. The summed E-state index contributed by atoms with van der Waals surface area (Å²) >= 11 is 0. The van der Waals surface area contributed by atoms with Crippen LogP contribution in [0.1, 0.15) is 63.6 Å². The van der Waals surface area contributed by atoms with E-state index < -0.39 is 0 Å². The lowest BCUT2D eigenvalue weighted by Crippen LogP contribution is -2.46. The molecule has 1 aliphatic rings. The molecule has 2 rings (SSSR count). The topological polar surface area (TPSA) is 52.0 Å². The van der Waals surface area contributed by atoms with E-state index in [0.29, 0.717) is 0 Å². The number of nitrogens with zero attached hydrogens (tertiary/aromatic N) is 3. The summed E-state index contributed by atoms with van der Waals surface area (Å²) < 4.78 is 7.94. The summed E-state index contributed by atoms with van der Waals surface area (Å²) in [5, 5.41) is 11.8. The molecule has 5 nitrogen and oxygen atoms in total. The fraction of sp³-hybridized carbons (Fsp3) is 0.867. The predicted octanol–water partition coefficient (Wildman–Crippen LogP) is 2.60. The van der Waals surface area contributed by atoms with E-state index in [0.717, 1.165) is 31.5 Å². The van der Waals surface area contributed by atoms with Gasteiger partial charge in [0.15, 0.2) is 0 Å². The lowest BCUT2D eigenvalue weighted by Gasteiger charge is -2.39. The van der Waals surface area contributed by atoms with Gasteiger partial charge in [-0.3, -0.25) is 4.68 Å². The van der Waals surface area contributed by atoms with Gasteiger partial charge in [-0.1, -0.05) is 37.8 Å². The molecule has 5 heteroatoms. The highest BCUT2D eigenvalue weighted by molar-refractivity contribution is 5.11. The Kier molecular flexibility index (Phi) is 5.54. The highest BCUT2D eigenvalue weighted by Crippen LogP contribution is 2.39. The molecule has 1 fully saturated rings. The molecule has 0 aliphatic heterocycles. The van der Waals surface area contributed by atoms with Crippen molar-refractivity contribution < 1.29 is 4.74 Å². The zero-order valence-electron chi connectivity index (χ0n) is 13.1. The summed E-state index contributed by atoms with van der Waals surface area (Å²) in [4.78, 5) is 0. The molecule has 0 spiro atoms. The standard InChI is InChI=1S/C15H28N4O/c1-4-11-16-14(13-12-17-18-19(13)2)15(20-3)9-7-5-6-8-10-15/h12,14,16H,4-11H2,1-3H3. The number of methoxy groups -OCH3 is 1. The van der Waals surface area contributed by atoms with Crippen molar-refractivity contribution in [2.75, 3.05) is 13.7 Å². The molecule has 0 aromatic carbocycles. The molecule has 20 heavy (non-hydrogen) atoms. The van der Waals surface area contributed by atoms with Crippen LogP contribution in [0.5, 0.6) is 0 Å². The Labute approximate surface area is 122 Å². The lowest BCUT2D eigenvalue weighted by atomic mass is 9.84. The maximum Gasteiger partial charge on any atom is 0.0888 e. The zero-order chi connectivity index (χ0) is 14.4. The van der Waals surface area contributed by atoms with Gasteiger partial charge in [0.05, 0.1) is 23.5 Å². The van der Waals surface area contributed by atoms with Crippen molar-refractivity contribution in [2.24, 2.45) is 7.05 Å². The van der Waals surface area contributed by atoms with Gasteiger partial charge < -0.3 is 10.1 Å². The third kappa shape index (κ3) is 3.20. The van der Waals surface area contributed by atoms with Gasteiger partial charge in [-0.15, -0.1) is 5.10 Å². The van der Waals surface area contributed by atoms with Crippen molar-refractivity contribution in [3.05, 3.63) is 11.9 Å². The monoisotopic (exact) mass is 280 g/mol. The second-order valence-electron chi connectivity index (χ2n) is 5.85. The number of nitrogens with one attached hydrogen (secondary N) is 1. The Hall–Kier alpha value is -0.940. The largest absolute Gasteiger partial charge is 0.376 e. The average molecular weight is 280 g/mol. The molecular formula is C15H28N4O. The highest BCUT2D eigenvalue weighted by Gasteiger charge is 2.41. The van der Waals surface area contributed by atoms with Crippen molar-refractivity contribution >= 4 is 0 Å². The van der Waals surface area contributed by atoms with Crippen LogP contribution < -0.4 is 5.32 Å². The molecular weight excluding hydrogens is 252 g/mol. The van der Waals surface area contributed by atoms with Gasteiger partial charge in [-0.25, -0.2) is 0 Å². The Morgan fingerprint density at radius 3 is 2.55 bits per heavy atom. The third-order valence-electron chi connectivity index (χ3n) is 4.53. The van der Waals surface area contributed by atoms with Crippen LogP contribution in [0.2, 0.25) is 0 Å². The maximum absolute atomic E-state index is 6.07. The summed E-state index contributed by atoms with van der Waals surface area (Å²) in [5.41, 5.74) is 1.00. The summed E-state index contributed by atoms with van der Waals surface area (Å²) in [6, 6.07) is 0.172. The van der Waals surface area contributed by atoms with Crippen molar-refractivity contribution in [3.8, 4) is 0 Å². The van der Waals surface area contributed by atoms with Crippen LogP contribution >= 0.6 is 0 Å². The van der Waals surface area contributed by atoms with Crippen LogP contribution in [-0.4, -0.2) is 34.2 Å². The smallest absolute Gasteiger partial charge is 0.0888 e. The minimum Gasteiger partial charge on any atom is -0.376 e. The molecule has 114 valence electrons. The first-order valence-electron chi connectivity index (χ1n) is 7.86. The molecule has 0 saturated heterocycles. The van der Waals surface area contributed by atoms with Gasteiger partial charge in [0.25, 0.3) is 0 Å². The Morgan fingerprint density at radius 2 is 2.05 bits per heavy atom. The van der Waals surface area contributed by atoms with E-state index in [1.54, 1.807) is 0 Å². The quantitative estimate of drug-likeness (QED) is 0.814. The van der Waals surface area contributed by atoms with E-state index in [9.17, 15) is 0 Å². The van der Waals surface area contributed by atoms with Crippen LogP contribution in [0.15, 0.2) is 6.20 Å². The molecule has 1 saturated carbocycles. The predicted molar refractivity (Wildman–Crippen MR) is 79.5 cm³/mol. The van der Waals surface area contributed by atoms with E-state index in [-0.39, 0.29) is 11.6 Å². The summed E-state index contributed by atoms with van der Waals surface area (Å²) in [6.45, 7) is 3.18. The Balaban J connectivity index is 2.29. The number of ether oxygens (including phenoxy) is 1. The SMILES string of the molecule is CCCNC(c1cnnn1C)C1(OC)CCCCCC1. The van der Waals surface area contributed by atoms with Gasteiger partial charge >= 0.3 is 0 Å². The molecule has 1 aromatic rings. The minimum absolute atomic E-state index is 0.124. The summed E-state index contributed by atoms with van der Waals surface area (Å²) in [6.07, 6.45) is 10.3. The summed E-state index contributed by atoms with van der Waals surface area (Å²) in [7, 11) is 3.82. The second-order valence-corrected chi connectivity index (χ2v) is 5.85. The molecule has 0 bridgehead atoms.